The third-order valence-corrected chi connectivity index (χ3v) is 2.18. The molecule has 0 amide bonds. The predicted molar refractivity (Wildman–Crippen MR) is 58.2 cm³/mol. The number of hydrogen-bond donors (Lipinski definition) is 0. The summed E-state index contributed by atoms with van der Waals surface area (Å²) in [6.45, 7) is 1.76. The third-order valence-electron chi connectivity index (χ3n) is 2.18. The van der Waals surface area contributed by atoms with Crippen molar-refractivity contribution in [1.82, 2.24) is 9.55 Å². The van der Waals surface area contributed by atoms with E-state index in [2.05, 4.69) is 29.6 Å². The van der Waals surface area contributed by atoms with E-state index in [-0.39, 0.29) is 0 Å². The number of halogens is 3. The van der Waals surface area contributed by atoms with Crippen LogP contribution in [0.2, 0.25) is 0 Å². The number of alkyl halides is 3. The Morgan fingerprint density at radius 1 is 1.25 bits per heavy atom. The largest absolute Gasteiger partial charge is 0.379 e. The van der Waals surface area contributed by atoms with Crippen molar-refractivity contribution in [2.75, 3.05) is 0 Å². The zero-order valence-electron chi connectivity index (χ0n) is 9.80. The molecule has 5 heteroatoms. The molecule has 0 aromatic carbocycles. The minimum absolute atomic E-state index is 1.13. The number of unbranched alkanes of at least 4 members (excludes halogenated alkanes) is 3. The van der Waals surface area contributed by atoms with E-state index < -0.39 is 6.68 Å². The van der Waals surface area contributed by atoms with Crippen LogP contribution in [-0.2, 0) is 6.54 Å². The maximum atomic E-state index is 9.67. The first-order chi connectivity index (χ1) is 7.57. The molecule has 1 heterocycles. The SMILES string of the molecule is CCCCCCn1ccnc1C.FC(F)F. The highest BCUT2D eigenvalue weighted by Crippen LogP contribution is 2.03. The minimum atomic E-state index is -3.67. The standard InChI is InChI=1S/C10H18N2.CHF3/c1-3-4-5-6-8-12-9-7-11-10(12)2;2-1(3)4/h7,9H,3-6,8H2,1-2H3;1H. The highest BCUT2D eigenvalue weighted by atomic mass is 19.4. The fraction of sp³-hybridized carbons (Fsp3) is 0.727. The molecular weight excluding hydrogens is 217 g/mol. The van der Waals surface area contributed by atoms with E-state index in [0.717, 1.165) is 12.4 Å². The molecule has 0 saturated heterocycles. The Balaban J connectivity index is 0.000000487. The molecule has 0 atom stereocenters. The lowest BCUT2D eigenvalue weighted by Gasteiger charge is -2.03. The molecule has 1 aromatic rings. The van der Waals surface area contributed by atoms with Crippen LogP contribution in [0.5, 0.6) is 0 Å². The van der Waals surface area contributed by atoms with E-state index in [4.69, 9.17) is 0 Å². The van der Waals surface area contributed by atoms with Gasteiger partial charge in [0.05, 0.1) is 0 Å². The van der Waals surface area contributed by atoms with Gasteiger partial charge in [-0.2, -0.15) is 13.2 Å². The van der Waals surface area contributed by atoms with Crippen molar-refractivity contribution in [2.24, 2.45) is 0 Å². The Bertz CT molecular complexity index is 259. The average Bonchev–Trinajstić information content (AvgIpc) is 2.58. The molecule has 0 N–H and O–H groups in total. The summed E-state index contributed by atoms with van der Waals surface area (Å²) in [5.74, 6) is 1.13. The normalized spacial score (nSPS) is 10.1. The second kappa shape index (κ2) is 9.24. The Morgan fingerprint density at radius 3 is 2.31 bits per heavy atom. The van der Waals surface area contributed by atoms with Crippen LogP contribution in [-0.4, -0.2) is 16.2 Å². The van der Waals surface area contributed by atoms with Gasteiger partial charge in [0.25, 0.3) is 0 Å². The van der Waals surface area contributed by atoms with Gasteiger partial charge in [0.2, 0.25) is 0 Å². The van der Waals surface area contributed by atoms with Crippen molar-refractivity contribution in [1.29, 1.82) is 0 Å². The Labute approximate surface area is 94.5 Å². The van der Waals surface area contributed by atoms with Gasteiger partial charge in [-0.15, -0.1) is 0 Å². The lowest BCUT2D eigenvalue weighted by molar-refractivity contribution is 0.00819. The lowest BCUT2D eigenvalue weighted by atomic mass is 10.2. The summed E-state index contributed by atoms with van der Waals surface area (Å²) in [4.78, 5) is 4.18. The summed E-state index contributed by atoms with van der Waals surface area (Å²) < 4.78 is 31.2. The lowest BCUT2D eigenvalue weighted by Crippen LogP contribution is -1.98. The first-order valence-corrected chi connectivity index (χ1v) is 5.47. The van der Waals surface area contributed by atoms with Crippen molar-refractivity contribution < 1.29 is 13.2 Å². The summed E-state index contributed by atoms with van der Waals surface area (Å²) in [5, 5.41) is 0. The summed E-state index contributed by atoms with van der Waals surface area (Å²) in [6, 6.07) is 0. The Kier molecular flexibility index (Phi) is 8.66. The highest BCUT2D eigenvalue weighted by Gasteiger charge is 1.94. The number of rotatable bonds is 5. The molecule has 0 aliphatic carbocycles. The zero-order chi connectivity index (χ0) is 12.4. The molecule has 16 heavy (non-hydrogen) atoms. The van der Waals surface area contributed by atoms with Gasteiger partial charge in [0.1, 0.15) is 5.82 Å². The number of aromatic nitrogens is 2. The molecule has 94 valence electrons. The second-order valence-electron chi connectivity index (χ2n) is 3.48. The van der Waals surface area contributed by atoms with Crippen molar-refractivity contribution in [2.45, 2.75) is 52.8 Å². The topological polar surface area (TPSA) is 17.8 Å². The average molecular weight is 236 g/mol. The van der Waals surface area contributed by atoms with Crippen LogP contribution < -0.4 is 0 Å². The fourth-order valence-corrected chi connectivity index (χ4v) is 1.35. The molecule has 1 aromatic heterocycles. The molecule has 1 rings (SSSR count). The molecule has 0 unspecified atom stereocenters. The first kappa shape index (κ1) is 15.0. The molecular formula is C11H19F3N2. The van der Waals surface area contributed by atoms with E-state index in [0.29, 0.717) is 0 Å². The van der Waals surface area contributed by atoms with Gasteiger partial charge in [-0.25, -0.2) is 4.98 Å². The molecule has 0 spiro atoms. The van der Waals surface area contributed by atoms with Crippen LogP contribution >= 0.6 is 0 Å². The second-order valence-corrected chi connectivity index (χ2v) is 3.48. The number of hydrogen-bond acceptors (Lipinski definition) is 1. The number of nitrogens with zero attached hydrogens (tertiary/aromatic N) is 2. The van der Waals surface area contributed by atoms with Crippen molar-refractivity contribution >= 4 is 0 Å². The number of imidazole rings is 1. The highest BCUT2D eigenvalue weighted by molar-refractivity contribution is 4.87. The third kappa shape index (κ3) is 8.32. The smallest absolute Gasteiger partial charge is 0.335 e. The molecule has 0 fully saturated rings. The van der Waals surface area contributed by atoms with Gasteiger partial charge in [-0.1, -0.05) is 26.2 Å². The quantitative estimate of drug-likeness (QED) is 0.708. The van der Waals surface area contributed by atoms with Crippen LogP contribution in [0.3, 0.4) is 0 Å². The molecule has 0 aliphatic rings. The van der Waals surface area contributed by atoms with Crippen LogP contribution in [0.15, 0.2) is 12.4 Å². The summed E-state index contributed by atoms with van der Waals surface area (Å²) >= 11 is 0. The fourth-order valence-electron chi connectivity index (χ4n) is 1.35. The monoisotopic (exact) mass is 236 g/mol. The minimum Gasteiger partial charge on any atom is -0.335 e. The number of aryl methyl sites for hydroxylation is 2. The predicted octanol–water partition coefficient (Wildman–Crippen LogP) is 3.95. The van der Waals surface area contributed by atoms with Gasteiger partial charge >= 0.3 is 6.68 Å². The summed E-state index contributed by atoms with van der Waals surface area (Å²) in [6.07, 6.45) is 9.21. The molecule has 0 bridgehead atoms. The van der Waals surface area contributed by atoms with Crippen molar-refractivity contribution in [3.05, 3.63) is 18.2 Å². The van der Waals surface area contributed by atoms with E-state index in [9.17, 15) is 13.2 Å². The Hall–Kier alpha value is -1.00. The van der Waals surface area contributed by atoms with Crippen LogP contribution in [0.25, 0.3) is 0 Å². The van der Waals surface area contributed by atoms with Gasteiger partial charge in [0.15, 0.2) is 0 Å². The summed E-state index contributed by atoms with van der Waals surface area (Å²) in [5.41, 5.74) is 0. The van der Waals surface area contributed by atoms with Gasteiger partial charge in [-0.3, -0.25) is 0 Å². The van der Waals surface area contributed by atoms with Crippen LogP contribution in [0.4, 0.5) is 13.2 Å². The van der Waals surface area contributed by atoms with E-state index in [1.807, 2.05) is 6.20 Å². The van der Waals surface area contributed by atoms with Crippen LogP contribution in [0.1, 0.15) is 38.4 Å². The van der Waals surface area contributed by atoms with E-state index in [1.165, 1.54) is 25.7 Å². The van der Waals surface area contributed by atoms with Gasteiger partial charge < -0.3 is 4.57 Å². The first-order valence-electron chi connectivity index (χ1n) is 5.47. The maximum Gasteiger partial charge on any atom is 0.379 e. The van der Waals surface area contributed by atoms with Crippen LogP contribution in [0, 0.1) is 6.92 Å². The van der Waals surface area contributed by atoms with E-state index in [1.54, 1.807) is 0 Å². The van der Waals surface area contributed by atoms with E-state index >= 15 is 0 Å². The molecule has 0 radical (unpaired) electrons. The van der Waals surface area contributed by atoms with Crippen molar-refractivity contribution in [3.63, 3.8) is 0 Å². The van der Waals surface area contributed by atoms with Crippen molar-refractivity contribution in [3.8, 4) is 0 Å². The maximum absolute atomic E-state index is 9.67. The van der Waals surface area contributed by atoms with Gasteiger partial charge in [0, 0.05) is 18.9 Å². The molecule has 0 saturated carbocycles. The molecule has 2 nitrogen and oxygen atoms in total. The van der Waals surface area contributed by atoms with Gasteiger partial charge in [-0.05, 0) is 13.3 Å². The zero-order valence-corrected chi connectivity index (χ0v) is 9.80. The summed E-state index contributed by atoms with van der Waals surface area (Å²) in [7, 11) is 0. The molecule has 0 aliphatic heterocycles. The Morgan fingerprint density at radius 2 is 1.88 bits per heavy atom.